The first kappa shape index (κ1) is 25.0. The maximum absolute atomic E-state index is 12.6. The number of amides is 2. The van der Waals surface area contributed by atoms with Crippen molar-refractivity contribution in [2.75, 3.05) is 17.2 Å². The van der Waals surface area contributed by atoms with Crippen LogP contribution in [-0.2, 0) is 10.2 Å². The number of rotatable bonds is 8. The van der Waals surface area contributed by atoms with Crippen LogP contribution in [0.25, 0.3) is 0 Å². The molecule has 1 unspecified atom stereocenters. The molecule has 0 radical (unpaired) electrons. The number of anilines is 2. The van der Waals surface area contributed by atoms with Crippen molar-refractivity contribution in [2.45, 2.75) is 52.4 Å². The fourth-order valence-corrected chi connectivity index (χ4v) is 3.54. The second kappa shape index (κ2) is 11.0. The standard InChI is InChI=1S/C29H34N2O3/c1-6-20(2)25-9-7-8-10-26(25)34-19-27(32)30-23-15-17-24(18-16-23)31-28(33)21-11-13-22(14-12-21)29(3,4)5/h7-18,20H,6,19H2,1-5H3,(H,30,32)(H,31,33). The molecule has 3 aromatic carbocycles. The summed E-state index contributed by atoms with van der Waals surface area (Å²) in [4.78, 5) is 24.9. The van der Waals surface area contributed by atoms with Gasteiger partial charge in [0.25, 0.3) is 11.8 Å². The van der Waals surface area contributed by atoms with Crippen LogP contribution in [0.3, 0.4) is 0 Å². The Morgan fingerprint density at radius 2 is 1.44 bits per heavy atom. The maximum atomic E-state index is 12.6. The lowest BCUT2D eigenvalue weighted by atomic mass is 9.87. The first-order chi connectivity index (χ1) is 16.2. The Morgan fingerprint density at radius 1 is 0.853 bits per heavy atom. The van der Waals surface area contributed by atoms with Crippen molar-refractivity contribution < 1.29 is 14.3 Å². The molecule has 2 N–H and O–H groups in total. The predicted octanol–water partition coefficient (Wildman–Crippen LogP) is 6.77. The molecule has 0 heterocycles. The monoisotopic (exact) mass is 458 g/mol. The maximum Gasteiger partial charge on any atom is 0.262 e. The van der Waals surface area contributed by atoms with Gasteiger partial charge in [0, 0.05) is 16.9 Å². The smallest absolute Gasteiger partial charge is 0.262 e. The molecule has 0 saturated carbocycles. The highest BCUT2D eigenvalue weighted by atomic mass is 16.5. The fraction of sp³-hybridized carbons (Fsp3) is 0.310. The summed E-state index contributed by atoms with van der Waals surface area (Å²) in [6, 6.07) is 22.5. The van der Waals surface area contributed by atoms with E-state index < -0.39 is 0 Å². The summed E-state index contributed by atoms with van der Waals surface area (Å²) in [5.74, 6) is 0.680. The lowest BCUT2D eigenvalue weighted by Crippen LogP contribution is -2.20. The zero-order valence-electron chi connectivity index (χ0n) is 20.6. The van der Waals surface area contributed by atoms with Crippen LogP contribution in [0.4, 0.5) is 11.4 Å². The van der Waals surface area contributed by atoms with E-state index in [1.165, 1.54) is 5.56 Å². The number of para-hydroxylation sites is 1. The van der Waals surface area contributed by atoms with Crippen molar-refractivity contribution in [3.05, 3.63) is 89.5 Å². The van der Waals surface area contributed by atoms with Gasteiger partial charge in [0.1, 0.15) is 5.75 Å². The van der Waals surface area contributed by atoms with Gasteiger partial charge in [0.15, 0.2) is 6.61 Å². The zero-order valence-corrected chi connectivity index (χ0v) is 20.6. The Labute approximate surface area is 202 Å². The molecule has 5 heteroatoms. The minimum absolute atomic E-state index is 0.0393. The van der Waals surface area contributed by atoms with Gasteiger partial charge in [-0.2, -0.15) is 0 Å². The number of carbonyl (C=O) groups is 2. The van der Waals surface area contributed by atoms with Gasteiger partial charge in [-0.15, -0.1) is 0 Å². The third-order valence-corrected chi connectivity index (χ3v) is 5.86. The van der Waals surface area contributed by atoms with Crippen molar-refractivity contribution in [1.29, 1.82) is 0 Å². The van der Waals surface area contributed by atoms with Crippen LogP contribution in [-0.4, -0.2) is 18.4 Å². The summed E-state index contributed by atoms with van der Waals surface area (Å²) in [5.41, 5.74) is 4.21. The van der Waals surface area contributed by atoms with Gasteiger partial charge < -0.3 is 15.4 Å². The molecular formula is C29H34N2O3. The molecule has 34 heavy (non-hydrogen) atoms. The second-order valence-electron chi connectivity index (χ2n) is 9.54. The van der Waals surface area contributed by atoms with E-state index >= 15 is 0 Å². The molecule has 5 nitrogen and oxygen atoms in total. The number of benzene rings is 3. The molecule has 0 saturated heterocycles. The van der Waals surface area contributed by atoms with E-state index in [0.717, 1.165) is 17.7 Å². The molecule has 0 spiro atoms. The fourth-order valence-electron chi connectivity index (χ4n) is 3.54. The SMILES string of the molecule is CCC(C)c1ccccc1OCC(=O)Nc1ccc(NC(=O)c2ccc(C(C)(C)C)cc2)cc1. The molecule has 178 valence electrons. The first-order valence-electron chi connectivity index (χ1n) is 11.7. The minimum Gasteiger partial charge on any atom is -0.483 e. The van der Waals surface area contributed by atoms with Crippen molar-refractivity contribution in [1.82, 2.24) is 0 Å². The summed E-state index contributed by atoms with van der Waals surface area (Å²) < 4.78 is 5.78. The molecular weight excluding hydrogens is 424 g/mol. The van der Waals surface area contributed by atoms with Crippen LogP contribution < -0.4 is 15.4 Å². The van der Waals surface area contributed by atoms with Gasteiger partial charge >= 0.3 is 0 Å². The summed E-state index contributed by atoms with van der Waals surface area (Å²) in [6.45, 7) is 10.6. The minimum atomic E-state index is -0.241. The van der Waals surface area contributed by atoms with E-state index in [4.69, 9.17) is 4.74 Å². The molecule has 0 fully saturated rings. The summed E-state index contributed by atoms with van der Waals surface area (Å²) >= 11 is 0. The van der Waals surface area contributed by atoms with E-state index in [1.54, 1.807) is 24.3 Å². The molecule has 0 aromatic heterocycles. The largest absolute Gasteiger partial charge is 0.483 e. The molecule has 3 aromatic rings. The highest BCUT2D eigenvalue weighted by molar-refractivity contribution is 6.04. The normalized spacial score (nSPS) is 12.0. The highest BCUT2D eigenvalue weighted by Crippen LogP contribution is 2.28. The van der Waals surface area contributed by atoms with Gasteiger partial charge in [0.2, 0.25) is 0 Å². The molecule has 0 aliphatic rings. The Morgan fingerprint density at radius 3 is 2.03 bits per heavy atom. The molecule has 3 rings (SSSR count). The number of ether oxygens (including phenoxy) is 1. The van der Waals surface area contributed by atoms with Crippen LogP contribution >= 0.6 is 0 Å². The van der Waals surface area contributed by atoms with Crippen molar-refractivity contribution in [3.8, 4) is 5.75 Å². The van der Waals surface area contributed by atoms with Crippen LogP contribution in [0.5, 0.6) is 5.75 Å². The summed E-state index contributed by atoms with van der Waals surface area (Å²) in [6.07, 6.45) is 0.998. The van der Waals surface area contributed by atoms with Gasteiger partial charge in [-0.25, -0.2) is 0 Å². The van der Waals surface area contributed by atoms with Crippen molar-refractivity contribution in [3.63, 3.8) is 0 Å². The molecule has 0 aliphatic heterocycles. The predicted molar refractivity (Wildman–Crippen MR) is 139 cm³/mol. The van der Waals surface area contributed by atoms with Gasteiger partial charge in [-0.05, 0) is 71.3 Å². The van der Waals surface area contributed by atoms with Gasteiger partial charge in [-0.1, -0.05) is 65.0 Å². The Kier molecular flexibility index (Phi) is 8.11. The zero-order chi connectivity index (χ0) is 24.7. The van der Waals surface area contributed by atoms with Gasteiger partial charge in [0.05, 0.1) is 0 Å². The number of hydrogen-bond donors (Lipinski definition) is 2. The average molecular weight is 459 g/mol. The first-order valence-corrected chi connectivity index (χ1v) is 11.7. The van der Waals surface area contributed by atoms with E-state index in [2.05, 4.69) is 45.3 Å². The third kappa shape index (κ3) is 6.70. The lowest BCUT2D eigenvalue weighted by molar-refractivity contribution is -0.118. The van der Waals surface area contributed by atoms with Crippen LogP contribution in [0.2, 0.25) is 0 Å². The Hall–Kier alpha value is -3.60. The quantitative estimate of drug-likeness (QED) is 0.391. The number of carbonyl (C=O) groups excluding carboxylic acids is 2. The number of hydrogen-bond acceptors (Lipinski definition) is 3. The van der Waals surface area contributed by atoms with Crippen LogP contribution in [0, 0.1) is 0 Å². The van der Waals surface area contributed by atoms with E-state index in [-0.39, 0.29) is 23.8 Å². The van der Waals surface area contributed by atoms with Crippen LogP contribution in [0.15, 0.2) is 72.8 Å². The lowest BCUT2D eigenvalue weighted by Gasteiger charge is -2.19. The molecule has 2 amide bonds. The summed E-state index contributed by atoms with van der Waals surface area (Å²) in [7, 11) is 0. The molecule has 0 aliphatic carbocycles. The van der Waals surface area contributed by atoms with E-state index in [9.17, 15) is 9.59 Å². The van der Waals surface area contributed by atoms with Crippen LogP contribution in [0.1, 0.15) is 68.4 Å². The third-order valence-electron chi connectivity index (χ3n) is 5.86. The second-order valence-corrected chi connectivity index (χ2v) is 9.54. The Balaban J connectivity index is 1.54. The van der Waals surface area contributed by atoms with Crippen molar-refractivity contribution >= 4 is 23.2 Å². The van der Waals surface area contributed by atoms with Gasteiger partial charge in [-0.3, -0.25) is 9.59 Å². The molecule has 1 atom stereocenters. The molecule has 0 bridgehead atoms. The average Bonchev–Trinajstić information content (AvgIpc) is 2.83. The Bertz CT molecular complexity index is 1110. The highest BCUT2D eigenvalue weighted by Gasteiger charge is 2.15. The topological polar surface area (TPSA) is 67.4 Å². The number of nitrogens with one attached hydrogen (secondary N) is 2. The van der Waals surface area contributed by atoms with E-state index in [0.29, 0.717) is 22.9 Å². The summed E-state index contributed by atoms with van der Waals surface area (Å²) in [5, 5.41) is 5.72. The van der Waals surface area contributed by atoms with E-state index in [1.807, 2.05) is 48.5 Å². The van der Waals surface area contributed by atoms with Crippen molar-refractivity contribution in [2.24, 2.45) is 0 Å².